The Bertz CT molecular complexity index is 2820. The monoisotopic (exact) mass is 1360 g/mol. The highest BCUT2D eigenvalue weighted by molar-refractivity contribution is 14.2. The quantitative estimate of drug-likeness (QED) is 0.0431. The molecule has 4 aromatic carbocycles. The van der Waals surface area contributed by atoms with Crippen LogP contribution in [0.25, 0.3) is 0 Å². The summed E-state index contributed by atoms with van der Waals surface area (Å²) in [5, 5.41) is 15.0. The lowest BCUT2D eigenvalue weighted by atomic mass is 9.49. The SMILES string of the molecule is CC(=O)c1ccc(COc2ccccc2CN2CCN(C(=O)CNC(=O)CC34CC5CC(CC(C5)C3)C4)CC2)cc1.CN=P.CN=PI.O=C(CC12CC3CC(CC(C3)C1)C2)NCC(=O)N1CCN(Cc2ccccc2OCc2ccc(C(=O)O)cc2)CC1. The minimum absolute atomic E-state index is 0.00108. The van der Waals surface area contributed by atoms with Gasteiger partial charge < -0.3 is 35.0 Å². The number of carboxylic acids is 1. The number of para-hydroxylation sites is 2. The largest absolute Gasteiger partial charge is 0.489 e. The molecule has 10 fully saturated rings. The van der Waals surface area contributed by atoms with Crippen LogP contribution in [0.4, 0.5) is 0 Å². The van der Waals surface area contributed by atoms with Gasteiger partial charge in [0.05, 0.1) is 24.7 Å². The number of rotatable bonds is 20. The van der Waals surface area contributed by atoms with Crippen molar-refractivity contribution in [2.24, 2.45) is 55.8 Å². The van der Waals surface area contributed by atoms with Gasteiger partial charge in [0.25, 0.3) is 0 Å². The van der Waals surface area contributed by atoms with Crippen molar-refractivity contribution in [2.75, 3.05) is 79.5 Å². The summed E-state index contributed by atoms with van der Waals surface area (Å²) in [5.41, 5.74) is 5.46. The van der Waals surface area contributed by atoms with Gasteiger partial charge in [-0.1, -0.05) is 72.8 Å². The number of amides is 4. The molecule has 8 bridgehead atoms. The zero-order chi connectivity index (χ0) is 62.9. The Morgan fingerprint density at radius 1 is 0.551 bits per heavy atom. The van der Waals surface area contributed by atoms with E-state index < -0.39 is 5.97 Å². The van der Waals surface area contributed by atoms with Crippen molar-refractivity contribution in [2.45, 2.75) is 123 Å². The number of ketones is 1. The third-order valence-electron chi connectivity index (χ3n) is 19.9. The van der Waals surface area contributed by atoms with Gasteiger partial charge in [0.1, 0.15) is 24.7 Å². The normalized spacial score (nSPS) is 25.5. The summed E-state index contributed by atoms with van der Waals surface area (Å²) in [4.78, 5) is 82.6. The van der Waals surface area contributed by atoms with Crippen LogP contribution >= 0.6 is 37.1 Å². The van der Waals surface area contributed by atoms with Crippen molar-refractivity contribution in [3.05, 3.63) is 130 Å². The number of benzene rings is 4. The van der Waals surface area contributed by atoms with Crippen LogP contribution in [0.5, 0.6) is 11.5 Å². The number of piperazine rings is 2. The second-order valence-corrected chi connectivity index (χ2v) is 28.9. The number of hydrogen-bond donors (Lipinski definition) is 3. The first kappa shape index (κ1) is 67.7. The van der Waals surface area contributed by atoms with Crippen molar-refractivity contribution in [1.29, 1.82) is 0 Å². The van der Waals surface area contributed by atoms with E-state index in [0.717, 1.165) is 115 Å². The van der Waals surface area contributed by atoms with E-state index in [1.807, 2.05) is 70.5 Å². The third kappa shape index (κ3) is 19.4. The van der Waals surface area contributed by atoms with E-state index >= 15 is 0 Å². The van der Waals surface area contributed by atoms with E-state index in [1.54, 1.807) is 45.3 Å². The van der Waals surface area contributed by atoms with Gasteiger partial charge in [-0.25, -0.2) is 4.79 Å². The average Bonchev–Trinajstić information content (AvgIpc) is 0.861. The molecule has 14 rings (SSSR count). The van der Waals surface area contributed by atoms with Crippen LogP contribution in [0.15, 0.2) is 107 Å². The number of halogens is 1. The number of ether oxygens (including phenoxy) is 2. The van der Waals surface area contributed by atoms with Crippen molar-refractivity contribution >= 4 is 72.5 Å². The van der Waals surface area contributed by atoms with E-state index in [1.165, 1.54) is 77.0 Å². The molecule has 4 amide bonds. The first-order valence-corrected chi connectivity index (χ1v) is 36.1. The lowest BCUT2D eigenvalue weighted by molar-refractivity contribution is -0.136. The molecule has 20 heteroatoms. The first-order chi connectivity index (χ1) is 43.0. The maximum atomic E-state index is 12.9. The second kappa shape index (κ2) is 32.6. The molecule has 10 aliphatic rings. The molecule has 8 aliphatic carbocycles. The van der Waals surface area contributed by atoms with Crippen molar-refractivity contribution in [3.63, 3.8) is 0 Å². The minimum Gasteiger partial charge on any atom is -0.489 e. The summed E-state index contributed by atoms with van der Waals surface area (Å²) in [6.45, 7) is 9.73. The zero-order valence-electron chi connectivity index (χ0n) is 52.2. The standard InChI is InChI=1S/C34H43N3O4.C33H41N3O5.CH3INP.CH4NP/c1-24(38)29-8-6-25(7-9-29)23-41-31-5-3-2-4-30(31)22-36-10-12-37(13-11-36)33(40)21-35-32(39)20-34-17-26-14-27(18-34)16-28(15-26)19-34;37-30(19-33-16-24-13-25(17-33)15-26(14-24)18-33)34-20-31(38)36-11-9-35(10-12-36)21-28-3-1-2-4-29(28)41-22-23-5-7-27(8-6-23)32(39)40;1-3-4-2;1-2-3/h2-9,26-28H,10-23H2,1H3,(H,35,39);1-8,24-26H,9-22H2,(H,34,37)(H,39,40);1H3;3H,1H3. The van der Waals surface area contributed by atoms with Crippen LogP contribution in [-0.4, -0.2) is 140 Å². The lowest BCUT2D eigenvalue weighted by Gasteiger charge is -2.56. The predicted molar refractivity (Wildman–Crippen MR) is 358 cm³/mol. The number of aromatic carboxylic acids is 1. The van der Waals surface area contributed by atoms with E-state index in [9.17, 15) is 28.8 Å². The van der Waals surface area contributed by atoms with E-state index in [-0.39, 0.29) is 58.9 Å². The predicted octanol–water partition coefficient (Wildman–Crippen LogP) is 12.2. The molecule has 8 saturated carbocycles. The summed E-state index contributed by atoms with van der Waals surface area (Å²) in [5.74, 6) is 5.85. The van der Waals surface area contributed by atoms with Crippen LogP contribution in [0, 0.1) is 46.3 Å². The summed E-state index contributed by atoms with van der Waals surface area (Å²) in [6.07, 6.45) is 16.7. The Balaban J connectivity index is 0.000000192. The van der Waals surface area contributed by atoms with Gasteiger partial charge in [0.15, 0.2) is 5.78 Å². The molecule has 0 unspecified atom stereocenters. The van der Waals surface area contributed by atoms with Crippen molar-refractivity contribution in [3.8, 4) is 11.5 Å². The maximum absolute atomic E-state index is 12.9. The molecule has 2 aliphatic heterocycles. The number of hydrogen-bond acceptors (Lipinski definition) is 12. The fraction of sp³-hybridized carbons (Fsp3) is 0.565. The summed E-state index contributed by atoms with van der Waals surface area (Å²) in [7, 11) is 6.26. The van der Waals surface area contributed by atoms with Crippen molar-refractivity contribution < 1.29 is 43.3 Å². The molecule has 0 atom stereocenters. The Morgan fingerprint density at radius 2 is 0.876 bits per heavy atom. The summed E-state index contributed by atoms with van der Waals surface area (Å²) >= 11 is 2.16. The fourth-order valence-electron chi connectivity index (χ4n) is 16.6. The lowest BCUT2D eigenvalue weighted by Crippen LogP contribution is -2.51. The number of Topliss-reactive ketones (excluding diaryl/α,β-unsaturated/α-hetero) is 1. The number of nitrogens with zero attached hydrogens (tertiary/aromatic N) is 6. The zero-order valence-corrected chi connectivity index (χ0v) is 56.3. The van der Waals surface area contributed by atoms with Gasteiger partial charge in [-0.05, 0) is 175 Å². The molecular formula is C69H91IN8O9P2. The smallest absolute Gasteiger partial charge is 0.335 e. The molecule has 2 saturated heterocycles. The van der Waals surface area contributed by atoms with Gasteiger partial charge in [-0.2, -0.15) is 0 Å². The van der Waals surface area contributed by atoms with Crippen LogP contribution in [0.1, 0.15) is 140 Å². The molecule has 0 spiro atoms. The van der Waals surface area contributed by atoms with E-state index in [0.29, 0.717) is 57.8 Å². The van der Waals surface area contributed by atoms with Gasteiger partial charge in [0.2, 0.25) is 23.6 Å². The number of carbonyl (C=O) groups is 6. The molecule has 2 heterocycles. The van der Waals surface area contributed by atoms with Crippen LogP contribution in [-0.2, 0) is 45.5 Å². The highest BCUT2D eigenvalue weighted by atomic mass is 127. The number of carboxylic acid groups (broad SMARTS) is 1. The molecule has 0 radical (unpaired) electrons. The van der Waals surface area contributed by atoms with Gasteiger partial charge >= 0.3 is 5.97 Å². The second-order valence-electron chi connectivity index (χ2n) is 26.6. The van der Waals surface area contributed by atoms with Crippen LogP contribution < -0.4 is 20.1 Å². The minimum atomic E-state index is -0.943. The van der Waals surface area contributed by atoms with Gasteiger partial charge in [-0.15, -0.1) is 0 Å². The first-order valence-electron chi connectivity index (χ1n) is 32.0. The fourth-order valence-corrected chi connectivity index (χ4v) is 16.6. The molecule has 17 nitrogen and oxygen atoms in total. The average molecular weight is 1370 g/mol. The third-order valence-corrected chi connectivity index (χ3v) is 21.3. The Morgan fingerprint density at radius 3 is 1.19 bits per heavy atom. The summed E-state index contributed by atoms with van der Waals surface area (Å²) in [6, 6.07) is 31.4. The Hall–Kier alpha value is -5.65. The number of carbonyl (C=O) groups excluding carboxylic acids is 5. The maximum Gasteiger partial charge on any atom is 0.335 e. The van der Waals surface area contributed by atoms with Gasteiger partial charge in [0, 0.05) is 131 Å². The van der Waals surface area contributed by atoms with E-state index in [2.05, 4.69) is 73.1 Å². The highest BCUT2D eigenvalue weighted by Crippen LogP contribution is 2.62. The molecular weight excluding hydrogens is 1270 g/mol. The van der Waals surface area contributed by atoms with Crippen LogP contribution in [0.2, 0.25) is 0 Å². The highest BCUT2D eigenvalue weighted by Gasteiger charge is 2.53. The topological polar surface area (TPSA) is 203 Å². The number of nitrogens with one attached hydrogen (secondary N) is 2. The Labute approximate surface area is 543 Å². The molecule has 3 N–H and O–H groups in total. The van der Waals surface area contributed by atoms with Gasteiger partial charge in [-0.3, -0.25) is 43.3 Å². The van der Waals surface area contributed by atoms with Crippen molar-refractivity contribution in [1.82, 2.24) is 30.2 Å². The molecule has 4 aromatic rings. The van der Waals surface area contributed by atoms with Crippen LogP contribution in [0.3, 0.4) is 0 Å². The Kier molecular flexibility index (Phi) is 24.8. The summed E-state index contributed by atoms with van der Waals surface area (Å²) < 4.78 is 19.2. The van der Waals surface area contributed by atoms with E-state index in [4.69, 9.17) is 14.6 Å². The molecule has 478 valence electrons. The molecule has 89 heavy (non-hydrogen) atoms. The molecule has 0 aromatic heterocycles.